The Hall–Kier alpha value is -1.75. The van der Waals surface area contributed by atoms with E-state index in [2.05, 4.69) is 11.0 Å². The maximum absolute atomic E-state index is 13.3. The van der Waals surface area contributed by atoms with Crippen LogP contribution in [0.3, 0.4) is 0 Å². The number of nitrogens with zero attached hydrogens (tertiary/aromatic N) is 2. The van der Waals surface area contributed by atoms with Gasteiger partial charge in [0, 0.05) is 18.7 Å². The van der Waals surface area contributed by atoms with Crippen LogP contribution in [-0.2, 0) is 17.6 Å². The molecule has 0 unspecified atom stereocenters. The van der Waals surface area contributed by atoms with Crippen LogP contribution in [0.1, 0.15) is 35.6 Å². The molecule has 0 saturated carbocycles. The molecule has 0 spiro atoms. The highest BCUT2D eigenvalue weighted by atomic mass is 35.5. The maximum Gasteiger partial charge on any atom is 0.227 e. The lowest BCUT2D eigenvalue weighted by atomic mass is 9.90. The Morgan fingerprint density at radius 3 is 2.62 bits per heavy atom. The van der Waals surface area contributed by atoms with E-state index < -0.39 is 0 Å². The first kappa shape index (κ1) is 20.5. The van der Waals surface area contributed by atoms with Gasteiger partial charge in [0.1, 0.15) is 5.75 Å². The lowest BCUT2D eigenvalue weighted by molar-refractivity contribution is -0.133. The van der Waals surface area contributed by atoms with E-state index in [9.17, 15) is 4.79 Å². The third kappa shape index (κ3) is 4.40. The average Bonchev–Trinajstić information content (AvgIpc) is 3.23. The fraction of sp³-hybridized carbons (Fsp3) is 0.435. The van der Waals surface area contributed by atoms with Crippen molar-refractivity contribution in [3.05, 3.63) is 63.1 Å². The predicted octanol–water partition coefficient (Wildman–Crippen LogP) is 4.77. The van der Waals surface area contributed by atoms with Gasteiger partial charge < -0.3 is 14.5 Å². The SMILES string of the molecule is COc1cccc2c1CCN(C(=O)Cc1ccc(Cl)c(Cl)c1)[C@H]2CN1CCCC1. The minimum atomic E-state index is 0.0437. The highest BCUT2D eigenvalue weighted by molar-refractivity contribution is 6.42. The van der Waals surface area contributed by atoms with Gasteiger partial charge in [0.15, 0.2) is 0 Å². The number of carbonyl (C=O) groups excluding carboxylic acids is 1. The van der Waals surface area contributed by atoms with Crippen LogP contribution in [0.15, 0.2) is 36.4 Å². The van der Waals surface area contributed by atoms with Gasteiger partial charge in [-0.05, 0) is 61.7 Å². The molecule has 2 heterocycles. The van der Waals surface area contributed by atoms with Crippen molar-refractivity contribution in [3.8, 4) is 5.75 Å². The number of amides is 1. The Balaban J connectivity index is 1.61. The van der Waals surface area contributed by atoms with Crippen LogP contribution in [0.5, 0.6) is 5.75 Å². The largest absolute Gasteiger partial charge is 0.496 e. The first-order valence-corrected chi connectivity index (χ1v) is 10.9. The average molecular weight is 433 g/mol. The number of halogens is 2. The molecular formula is C23H26Cl2N2O2. The molecule has 0 radical (unpaired) electrons. The number of hydrogen-bond acceptors (Lipinski definition) is 3. The molecule has 6 heteroatoms. The number of hydrogen-bond donors (Lipinski definition) is 0. The molecule has 2 aromatic carbocycles. The van der Waals surface area contributed by atoms with E-state index in [0.29, 0.717) is 23.0 Å². The zero-order valence-corrected chi connectivity index (χ0v) is 18.2. The summed E-state index contributed by atoms with van der Waals surface area (Å²) in [6, 6.07) is 11.7. The molecule has 2 aliphatic rings. The first-order chi connectivity index (χ1) is 14.1. The predicted molar refractivity (Wildman–Crippen MR) is 117 cm³/mol. The van der Waals surface area contributed by atoms with Gasteiger partial charge in [0.05, 0.1) is 29.6 Å². The third-order valence-corrected chi connectivity index (χ3v) is 6.76. The van der Waals surface area contributed by atoms with Crippen LogP contribution in [0, 0.1) is 0 Å². The molecule has 0 N–H and O–H groups in total. The molecular weight excluding hydrogens is 407 g/mol. The Morgan fingerprint density at radius 2 is 1.90 bits per heavy atom. The van der Waals surface area contributed by atoms with Crippen molar-refractivity contribution in [1.82, 2.24) is 9.80 Å². The second-order valence-electron chi connectivity index (χ2n) is 7.81. The highest BCUT2D eigenvalue weighted by Gasteiger charge is 2.33. The van der Waals surface area contributed by atoms with Gasteiger partial charge in [0.2, 0.25) is 5.91 Å². The molecule has 2 aromatic rings. The fourth-order valence-electron chi connectivity index (χ4n) is 4.54. The zero-order valence-electron chi connectivity index (χ0n) is 16.7. The van der Waals surface area contributed by atoms with Crippen molar-refractivity contribution in [3.63, 3.8) is 0 Å². The molecule has 1 fully saturated rings. The number of fused-ring (bicyclic) bond motifs is 1. The summed E-state index contributed by atoms with van der Waals surface area (Å²) in [6.45, 7) is 3.77. The van der Waals surface area contributed by atoms with Gasteiger partial charge in [-0.2, -0.15) is 0 Å². The fourth-order valence-corrected chi connectivity index (χ4v) is 4.86. The van der Waals surface area contributed by atoms with E-state index in [-0.39, 0.29) is 11.9 Å². The maximum atomic E-state index is 13.3. The summed E-state index contributed by atoms with van der Waals surface area (Å²) < 4.78 is 5.60. The van der Waals surface area contributed by atoms with Gasteiger partial charge in [-0.3, -0.25) is 4.79 Å². The van der Waals surface area contributed by atoms with E-state index in [1.165, 1.54) is 24.0 Å². The molecule has 2 aliphatic heterocycles. The summed E-state index contributed by atoms with van der Waals surface area (Å²) in [5.41, 5.74) is 3.34. The molecule has 1 amide bonds. The van der Waals surface area contributed by atoms with Gasteiger partial charge >= 0.3 is 0 Å². The Bertz CT molecular complexity index is 896. The summed E-state index contributed by atoms with van der Waals surface area (Å²) in [7, 11) is 1.72. The van der Waals surface area contributed by atoms with Crippen molar-refractivity contribution >= 4 is 29.1 Å². The van der Waals surface area contributed by atoms with Crippen molar-refractivity contribution in [1.29, 1.82) is 0 Å². The minimum absolute atomic E-state index is 0.0437. The van der Waals surface area contributed by atoms with Gasteiger partial charge in [-0.1, -0.05) is 41.4 Å². The van der Waals surface area contributed by atoms with Gasteiger partial charge in [0.25, 0.3) is 0 Å². The first-order valence-electron chi connectivity index (χ1n) is 10.2. The van der Waals surface area contributed by atoms with Crippen LogP contribution in [0.25, 0.3) is 0 Å². The smallest absolute Gasteiger partial charge is 0.227 e. The number of carbonyl (C=O) groups is 1. The molecule has 1 saturated heterocycles. The Morgan fingerprint density at radius 1 is 1.10 bits per heavy atom. The second-order valence-corrected chi connectivity index (χ2v) is 8.63. The van der Waals surface area contributed by atoms with Crippen molar-refractivity contribution in [2.24, 2.45) is 0 Å². The Labute approximate surface area is 182 Å². The number of ether oxygens (including phenoxy) is 1. The monoisotopic (exact) mass is 432 g/mol. The van der Waals surface area contributed by atoms with Gasteiger partial charge in [-0.15, -0.1) is 0 Å². The number of rotatable bonds is 5. The quantitative estimate of drug-likeness (QED) is 0.681. The number of methoxy groups -OCH3 is 1. The van der Waals surface area contributed by atoms with E-state index in [0.717, 1.165) is 37.4 Å². The molecule has 1 atom stereocenters. The van der Waals surface area contributed by atoms with Gasteiger partial charge in [-0.25, -0.2) is 0 Å². The molecule has 29 heavy (non-hydrogen) atoms. The highest BCUT2D eigenvalue weighted by Crippen LogP contribution is 2.36. The van der Waals surface area contributed by atoms with E-state index >= 15 is 0 Å². The zero-order chi connectivity index (χ0) is 20.4. The van der Waals surface area contributed by atoms with Crippen molar-refractivity contribution in [2.45, 2.75) is 31.7 Å². The topological polar surface area (TPSA) is 32.8 Å². The van der Waals surface area contributed by atoms with E-state index in [1.54, 1.807) is 19.2 Å². The van der Waals surface area contributed by atoms with E-state index in [4.69, 9.17) is 27.9 Å². The van der Waals surface area contributed by atoms with E-state index in [1.807, 2.05) is 23.1 Å². The van der Waals surface area contributed by atoms with Crippen molar-refractivity contribution in [2.75, 3.05) is 33.3 Å². The third-order valence-electron chi connectivity index (χ3n) is 6.02. The lowest BCUT2D eigenvalue weighted by Crippen LogP contribution is -2.45. The van der Waals surface area contributed by atoms with Crippen LogP contribution in [-0.4, -0.2) is 49.0 Å². The molecule has 154 valence electrons. The van der Waals surface area contributed by atoms with Crippen LogP contribution >= 0.6 is 23.2 Å². The molecule has 4 nitrogen and oxygen atoms in total. The normalized spacial score (nSPS) is 19.3. The lowest BCUT2D eigenvalue weighted by Gasteiger charge is -2.40. The molecule has 4 rings (SSSR count). The van der Waals surface area contributed by atoms with Crippen LogP contribution < -0.4 is 4.74 Å². The second kappa shape index (κ2) is 8.95. The summed E-state index contributed by atoms with van der Waals surface area (Å²) in [5, 5.41) is 0.994. The molecule has 0 bridgehead atoms. The van der Waals surface area contributed by atoms with Crippen molar-refractivity contribution < 1.29 is 9.53 Å². The summed E-state index contributed by atoms with van der Waals surface area (Å²) in [6.07, 6.45) is 3.60. The summed E-state index contributed by atoms with van der Waals surface area (Å²) >= 11 is 12.2. The van der Waals surface area contributed by atoms with Crippen LogP contribution in [0.2, 0.25) is 10.0 Å². The summed E-state index contributed by atoms with van der Waals surface area (Å²) in [4.78, 5) is 17.8. The molecule has 0 aromatic heterocycles. The minimum Gasteiger partial charge on any atom is -0.496 e. The standard InChI is InChI=1S/C23H26Cl2N2O2/c1-29-22-6-4-5-17-18(22)9-12-27(21(17)15-26-10-2-3-11-26)23(28)14-16-7-8-19(24)20(25)13-16/h4-8,13,21H,2-3,9-12,14-15H2,1H3/t21-/m0/s1. The number of benzene rings is 2. The molecule has 0 aliphatic carbocycles. The number of likely N-dealkylation sites (tertiary alicyclic amines) is 1. The summed E-state index contributed by atoms with van der Waals surface area (Å²) in [5.74, 6) is 1.05. The van der Waals surface area contributed by atoms with Crippen LogP contribution in [0.4, 0.5) is 0 Å². The Kier molecular flexibility index (Phi) is 6.33.